The number of methoxy groups -OCH3 is 1. The average molecular weight is 273 g/mol. The largest absolute Gasteiger partial charge is 0.494 e. The molecule has 0 N–H and O–H groups in total. The van der Waals surface area contributed by atoms with Gasteiger partial charge in [0.2, 0.25) is 0 Å². The zero-order valence-corrected chi connectivity index (χ0v) is 10.9. The van der Waals surface area contributed by atoms with Crippen LogP contribution in [0.15, 0.2) is 48.7 Å². The summed E-state index contributed by atoms with van der Waals surface area (Å²) in [4.78, 5) is 0. The molecule has 0 unspecified atom stereocenters. The molecule has 1 aromatic heterocycles. The van der Waals surface area contributed by atoms with Crippen LogP contribution in [0, 0.1) is 11.6 Å². The standard InChI is InChI=1S/C16H13F2NO/c1-20-16-6-5-11(9-14(16)18)10-19-8-7-12-13(17)3-2-4-15(12)19/h2-9H,10H2,1H3. The summed E-state index contributed by atoms with van der Waals surface area (Å²) in [6.45, 7) is 0.480. The fraction of sp³-hybridized carbons (Fsp3) is 0.125. The first-order valence-electron chi connectivity index (χ1n) is 6.25. The molecule has 3 rings (SSSR count). The third kappa shape index (κ3) is 2.13. The fourth-order valence-electron chi connectivity index (χ4n) is 2.33. The van der Waals surface area contributed by atoms with Crippen LogP contribution in [0.1, 0.15) is 5.56 Å². The van der Waals surface area contributed by atoms with Crippen molar-refractivity contribution >= 4 is 10.9 Å². The first-order chi connectivity index (χ1) is 9.69. The molecule has 2 aromatic carbocycles. The molecule has 0 radical (unpaired) electrons. The Morgan fingerprint density at radius 2 is 1.90 bits per heavy atom. The average Bonchev–Trinajstić information content (AvgIpc) is 2.84. The zero-order valence-electron chi connectivity index (χ0n) is 10.9. The fourth-order valence-corrected chi connectivity index (χ4v) is 2.33. The van der Waals surface area contributed by atoms with Gasteiger partial charge in [-0.25, -0.2) is 8.78 Å². The Balaban J connectivity index is 1.97. The lowest BCUT2D eigenvalue weighted by Crippen LogP contribution is -1.99. The van der Waals surface area contributed by atoms with Crippen molar-refractivity contribution in [2.75, 3.05) is 7.11 Å². The molecule has 0 saturated carbocycles. The van der Waals surface area contributed by atoms with E-state index in [1.807, 2.05) is 10.6 Å². The first-order valence-corrected chi connectivity index (χ1v) is 6.25. The van der Waals surface area contributed by atoms with Gasteiger partial charge >= 0.3 is 0 Å². The van der Waals surface area contributed by atoms with Gasteiger partial charge in [0.05, 0.1) is 12.6 Å². The highest BCUT2D eigenvalue weighted by Gasteiger charge is 2.07. The predicted molar refractivity (Wildman–Crippen MR) is 74.0 cm³/mol. The van der Waals surface area contributed by atoms with E-state index in [-0.39, 0.29) is 11.6 Å². The number of rotatable bonds is 3. The molecule has 2 nitrogen and oxygen atoms in total. The minimum Gasteiger partial charge on any atom is -0.494 e. The van der Waals surface area contributed by atoms with Crippen molar-refractivity contribution in [3.8, 4) is 5.75 Å². The highest BCUT2D eigenvalue weighted by atomic mass is 19.1. The van der Waals surface area contributed by atoms with Gasteiger partial charge in [-0.05, 0) is 35.9 Å². The summed E-state index contributed by atoms with van der Waals surface area (Å²) >= 11 is 0. The number of hydrogen-bond donors (Lipinski definition) is 0. The lowest BCUT2D eigenvalue weighted by atomic mass is 10.2. The Bertz CT molecular complexity index is 764. The molecule has 0 aliphatic heterocycles. The quantitative estimate of drug-likeness (QED) is 0.704. The first kappa shape index (κ1) is 12.7. The second kappa shape index (κ2) is 4.96. The van der Waals surface area contributed by atoms with Crippen molar-refractivity contribution in [3.63, 3.8) is 0 Å². The van der Waals surface area contributed by atoms with Crippen LogP contribution in [0.25, 0.3) is 10.9 Å². The molecule has 20 heavy (non-hydrogen) atoms. The van der Waals surface area contributed by atoms with Crippen molar-refractivity contribution in [1.82, 2.24) is 4.57 Å². The Morgan fingerprint density at radius 1 is 1.05 bits per heavy atom. The van der Waals surface area contributed by atoms with E-state index in [9.17, 15) is 8.78 Å². The van der Waals surface area contributed by atoms with Crippen LogP contribution < -0.4 is 4.74 Å². The molecule has 4 heteroatoms. The van der Waals surface area contributed by atoms with Crippen LogP contribution in [-0.2, 0) is 6.54 Å². The van der Waals surface area contributed by atoms with Crippen molar-refractivity contribution in [1.29, 1.82) is 0 Å². The zero-order chi connectivity index (χ0) is 14.1. The van der Waals surface area contributed by atoms with E-state index < -0.39 is 5.82 Å². The smallest absolute Gasteiger partial charge is 0.165 e. The van der Waals surface area contributed by atoms with E-state index in [1.54, 1.807) is 30.5 Å². The van der Waals surface area contributed by atoms with E-state index in [1.165, 1.54) is 19.2 Å². The van der Waals surface area contributed by atoms with Crippen molar-refractivity contribution in [2.45, 2.75) is 6.54 Å². The summed E-state index contributed by atoms with van der Waals surface area (Å²) < 4.78 is 34.1. The Morgan fingerprint density at radius 3 is 2.65 bits per heavy atom. The molecular formula is C16H13F2NO. The maximum atomic E-state index is 13.7. The van der Waals surface area contributed by atoms with Crippen molar-refractivity contribution in [2.24, 2.45) is 0 Å². The molecule has 0 bridgehead atoms. The predicted octanol–water partition coefficient (Wildman–Crippen LogP) is 3.98. The molecule has 102 valence electrons. The van der Waals surface area contributed by atoms with Gasteiger partial charge in [-0.3, -0.25) is 0 Å². The van der Waals surface area contributed by atoms with Gasteiger partial charge in [-0.1, -0.05) is 12.1 Å². The van der Waals surface area contributed by atoms with Gasteiger partial charge in [0.15, 0.2) is 11.6 Å². The normalized spacial score (nSPS) is 10.9. The minimum atomic E-state index is -0.396. The monoisotopic (exact) mass is 273 g/mol. The number of ether oxygens (including phenoxy) is 1. The van der Waals surface area contributed by atoms with E-state index >= 15 is 0 Å². The van der Waals surface area contributed by atoms with E-state index in [0.717, 1.165) is 11.1 Å². The second-order valence-corrected chi connectivity index (χ2v) is 4.59. The summed E-state index contributed by atoms with van der Waals surface area (Å²) in [6, 6.07) is 11.5. The minimum absolute atomic E-state index is 0.220. The van der Waals surface area contributed by atoms with Crippen LogP contribution in [0.5, 0.6) is 5.75 Å². The highest BCUT2D eigenvalue weighted by Crippen LogP contribution is 2.22. The van der Waals surface area contributed by atoms with E-state index in [0.29, 0.717) is 11.9 Å². The Hall–Kier alpha value is -2.36. The van der Waals surface area contributed by atoms with Crippen LogP contribution in [0.2, 0.25) is 0 Å². The Kier molecular flexibility index (Phi) is 3.14. The molecule has 0 saturated heterocycles. The van der Waals surface area contributed by atoms with Gasteiger partial charge in [-0.2, -0.15) is 0 Å². The summed E-state index contributed by atoms with van der Waals surface area (Å²) in [7, 11) is 1.43. The molecule has 1 heterocycles. The van der Waals surface area contributed by atoms with E-state index in [2.05, 4.69) is 0 Å². The molecule has 0 aliphatic carbocycles. The third-order valence-electron chi connectivity index (χ3n) is 3.33. The SMILES string of the molecule is COc1ccc(Cn2ccc3c(F)cccc32)cc1F. The van der Waals surface area contributed by atoms with Crippen LogP contribution >= 0.6 is 0 Å². The molecule has 3 aromatic rings. The van der Waals surface area contributed by atoms with Gasteiger partial charge in [0, 0.05) is 18.1 Å². The van der Waals surface area contributed by atoms with Crippen LogP contribution in [0.3, 0.4) is 0 Å². The number of benzene rings is 2. The number of halogens is 2. The Labute approximate surface area is 115 Å². The number of hydrogen-bond acceptors (Lipinski definition) is 1. The highest BCUT2D eigenvalue weighted by molar-refractivity contribution is 5.80. The molecule has 0 spiro atoms. The molecule has 0 fully saturated rings. The maximum Gasteiger partial charge on any atom is 0.165 e. The van der Waals surface area contributed by atoms with Crippen molar-refractivity contribution in [3.05, 3.63) is 65.9 Å². The number of aromatic nitrogens is 1. The lowest BCUT2D eigenvalue weighted by Gasteiger charge is -2.08. The summed E-state index contributed by atoms with van der Waals surface area (Å²) in [6.07, 6.45) is 1.80. The maximum absolute atomic E-state index is 13.7. The molecule has 0 atom stereocenters. The molecule has 0 aliphatic rings. The topological polar surface area (TPSA) is 14.2 Å². The summed E-state index contributed by atoms with van der Waals surface area (Å²) in [5.41, 5.74) is 1.59. The van der Waals surface area contributed by atoms with Crippen LogP contribution in [0.4, 0.5) is 8.78 Å². The number of nitrogens with zero attached hydrogens (tertiary/aromatic N) is 1. The molecular weight excluding hydrogens is 260 g/mol. The second-order valence-electron chi connectivity index (χ2n) is 4.59. The van der Waals surface area contributed by atoms with Crippen molar-refractivity contribution < 1.29 is 13.5 Å². The van der Waals surface area contributed by atoms with Gasteiger partial charge in [0.1, 0.15) is 5.82 Å². The molecule has 0 amide bonds. The number of fused-ring (bicyclic) bond motifs is 1. The van der Waals surface area contributed by atoms with E-state index in [4.69, 9.17) is 4.74 Å². The van der Waals surface area contributed by atoms with Gasteiger partial charge in [-0.15, -0.1) is 0 Å². The lowest BCUT2D eigenvalue weighted by molar-refractivity contribution is 0.386. The van der Waals surface area contributed by atoms with Crippen LogP contribution in [-0.4, -0.2) is 11.7 Å². The van der Waals surface area contributed by atoms with Gasteiger partial charge in [0.25, 0.3) is 0 Å². The summed E-state index contributed by atoms with van der Waals surface area (Å²) in [5, 5.41) is 0.571. The third-order valence-corrected chi connectivity index (χ3v) is 3.33. The summed E-state index contributed by atoms with van der Waals surface area (Å²) in [5.74, 6) is -0.424. The van der Waals surface area contributed by atoms with Gasteiger partial charge < -0.3 is 9.30 Å².